The van der Waals surface area contributed by atoms with E-state index in [1.807, 2.05) is 6.07 Å². The number of carbonyl (C=O) groups is 1. The summed E-state index contributed by atoms with van der Waals surface area (Å²) < 4.78 is 21.2. The van der Waals surface area contributed by atoms with Gasteiger partial charge < -0.3 is 18.9 Å². The summed E-state index contributed by atoms with van der Waals surface area (Å²) in [6, 6.07) is 13.4. The molecule has 1 aliphatic rings. The SMILES string of the molecule is C[C@H](Oc1ccc(C#N)cc1)C(=O)Oc1ccc2c(c1)OCO2. The molecule has 0 aromatic heterocycles. The molecule has 0 radical (unpaired) electrons. The molecule has 0 saturated carbocycles. The summed E-state index contributed by atoms with van der Waals surface area (Å²) in [4.78, 5) is 12.1. The van der Waals surface area contributed by atoms with Crippen LogP contribution in [0.15, 0.2) is 42.5 Å². The topological polar surface area (TPSA) is 77.8 Å². The molecular formula is C17H13NO5. The van der Waals surface area contributed by atoms with Gasteiger partial charge in [0, 0.05) is 6.07 Å². The number of benzene rings is 2. The predicted octanol–water partition coefficient (Wildman–Crippen LogP) is 2.66. The summed E-state index contributed by atoms with van der Waals surface area (Å²) in [6.45, 7) is 1.75. The maximum absolute atomic E-state index is 12.1. The van der Waals surface area contributed by atoms with Crippen LogP contribution in [-0.4, -0.2) is 18.9 Å². The minimum Gasteiger partial charge on any atom is -0.479 e. The van der Waals surface area contributed by atoms with Crippen LogP contribution < -0.4 is 18.9 Å². The second-order valence-electron chi connectivity index (χ2n) is 4.83. The molecule has 0 aliphatic carbocycles. The summed E-state index contributed by atoms with van der Waals surface area (Å²) >= 11 is 0. The van der Waals surface area contributed by atoms with Crippen molar-refractivity contribution in [3.05, 3.63) is 48.0 Å². The number of nitrogens with zero attached hydrogens (tertiary/aromatic N) is 1. The maximum atomic E-state index is 12.1. The first-order valence-electron chi connectivity index (χ1n) is 6.94. The number of carbonyl (C=O) groups excluding carboxylic acids is 1. The summed E-state index contributed by atoms with van der Waals surface area (Å²) in [5, 5.41) is 8.75. The lowest BCUT2D eigenvalue weighted by atomic mass is 10.2. The molecule has 0 amide bonds. The Labute approximate surface area is 132 Å². The molecule has 0 bridgehead atoms. The van der Waals surface area contributed by atoms with E-state index >= 15 is 0 Å². The summed E-state index contributed by atoms with van der Waals surface area (Å²) in [6.07, 6.45) is -0.798. The fourth-order valence-corrected chi connectivity index (χ4v) is 2.00. The highest BCUT2D eigenvalue weighted by Crippen LogP contribution is 2.35. The van der Waals surface area contributed by atoms with Gasteiger partial charge in [-0.25, -0.2) is 4.79 Å². The van der Waals surface area contributed by atoms with Crippen LogP contribution in [0.5, 0.6) is 23.0 Å². The first kappa shape index (κ1) is 14.7. The summed E-state index contributed by atoms with van der Waals surface area (Å²) in [5.74, 6) is 1.46. The lowest BCUT2D eigenvalue weighted by molar-refractivity contribution is -0.141. The first-order valence-corrected chi connectivity index (χ1v) is 6.94. The van der Waals surface area contributed by atoms with Crippen LogP contribution in [0.2, 0.25) is 0 Å². The van der Waals surface area contributed by atoms with E-state index in [1.165, 1.54) is 0 Å². The second kappa shape index (κ2) is 6.28. The van der Waals surface area contributed by atoms with Gasteiger partial charge >= 0.3 is 5.97 Å². The zero-order chi connectivity index (χ0) is 16.2. The van der Waals surface area contributed by atoms with E-state index in [0.717, 1.165) is 0 Å². The molecule has 0 fully saturated rings. The van der Waals surface area contributed by atoms with Crippen LogP contribution in [0.3, 0.4) is 0 Å². The molecule has 0 N–H and O–H groups in total. The molecule has 1 aliphatic heterocycles. The van der Waals surface area contributed by atoms with Crippen LogP contribution in [0.4, 0.5) is 0 Å². The quantitative estimate of drug-likeness (QED) is 0.638. The van der Waals surface area contributed by atoms with E-state index in [2.05, 4.69) is 0 Å². The summed E-state index contributed by atoms with van der Waals surface area (Å²) in [5.41, 5.74) is 0.521. The van der Waals surface area contributed by atoms with E-state index in [9.17, 15) is 4.79 Å². The normalized spacial score (nSPS) is 13.0. The van der Waals surface area contributed by atoms with Crippen molar-refractivity contribution in [2.45, 2.75) is 13.0 Å². The van der Waals surface area contributed by atoms with Crippen molar-refractivity contribution in [3.8, 4) is 29.1 Å². The van der Waals surface area contributed by atoms with Gasteiger partial charge in [0.1, 0.15) is 11.5 Å². The Morgan fingerprint density at radius 2 is 1.83 bits per heavy atom. The fraction of sp³-hybridized carbons (Fsp3) is 0.176. The van der Waals surface area contributed by atoms with E-state index in [1.54, 1.807) is 49.4 Å². The van der Waals surface area contributed by atoms with E-state index in [4.69, 9.17) is 24.2 Å². The van der Waals surface area contributed by atoms with Gasteiger partial charge in [0.2, 0.25) is 6.79 Å². The largest absolute Gasteiger partial charge is 0.479 e. The number of rotatable bonds is 4. The number of ether oxygens (including phenoxy) is 4. The first-order chi connectivity index (χ1) is 11.2. The third kappa shape index (κ3) is 3.35. The molecule has 2 aromatic carbocycles. The Bertz CT molecular complexity index is 764. The van der Waals surface area contributed by atoms with Gasteiger partial charge in [-0.05, 0) is 43.3 Å². The predicted molar refractivity (Wildman–Crippen MR) is 79.4 cm³/mol. The lowest BCUT2D eigenvalue weighted by Crippen LogP contribution is -2.28. The number of esters is 1. The average molecular weight is 311 g/mol. The highest BCUT2D eigenvalue weighted by Gasteiger charge is 2.20. The monoisotopic (exact) mass is 311 g/mol. The molecule has 0 unspecified atom stereocenters. The van der Waals surface area contributed by atoms with Crippen LogP contribution in [0.1, 0.15) is 12.5 Å². The third-order valence-electron chi connectivity index (χ3n) is 3.19. The molecule has 2 aromatic rings. The molecule has 23 heavy (non-hydrogen) atoms. The smallest absolute Gasteiger partial charge is 0.352 e. The molecular weight excluding hydrogens is 298 g/mol. The zero-order valence-corrected chi connectivity index (χ0v) is 12.3. The van der Waals surface area contributed by atoms with Crippen molar-refractivity contribution in [1.82, 2.24) is 0 Å². The van der Waals surface area contributed by atoms with Crippen molar-refractivity contribution in [3.63, 3.8) is 0 Å². The van der Waals surface area contributed by atoms with E-state index in [-0.39, 0.29) is 6.79 Å². The molecule has 1 atom stereocenters. The number of hydrogen-bond donors (Lipinski definition) is 0. The Hall–Kier alpha value is -3.20. The second-order valence-corrected chi connectivity index (χ2v) is 4.83. The third-order valence-corrected chi connectivity index (χ3v) is 3.19. The van der Waals surface area contributed by atoms with Gasteiger partial charge in [0.15, 0.2) is 17.6 Å². The number of hydrogen-bond acceptors (Lipinski definition) is 6. The maximum Gasteiger partial charge on any atom is 0.352 e. The van der Waals surface area contributed by atoms with Crippen LogP contribution in [0, 0.1) is 11.3 Å². The summed E-state index contributed by atoms with van der Waals surface area (Å²) in [7, 11) is 0. The van der Waals surface area contributed by atoms with E-state index in [0.29, 0.717) is 28.6 Å². The molecule has 3 rings (SSSR count). The Morgan fingerprint density at radius 3 is 2.57 bits per heavy atom. The van der Waals surface area contributed by atoms with Gasteiger partial charge in [-0.2, -0.15) is 5.26 Å². The van der Waals surface area contributed by atoms with Crippen molar-refractivity contribution in [1.29, 1.82) is 5.26 Å². The van der Waals surface area contributed by atoms with Crippen LogP contribution in [0.25, 0.3) is 0 Å². The molecule has 6 nitrogen and oxygen atoms in total. The Kier molecular flexibility index (Phi) is 4.02. The van der Waals surface area contributed by atoms with Crippen molar-refractivity contribution < 1.29 is 23.7 Å². The molecule has 0 saturated heterocycles. The van der Waals surface area contributed by atoms with Gasteiger partial charge in [0.05, 0.1) is 11.6 Å². The van der Waals surface area contributed by atoms with Gasteiger partial charge in [-0.15, -0.1) is 0 Å². The zero-order valence-electron chi connectivity index (χ0n) is 12.3. The number of nitriles is 1. The fourth-order valence-electron chi connectivity index (χ4n) is 2.00. The molecule has 116 valence electrons. The highest BCUT2D eigenvalue weighted by atomic mass is 16.7. The minimum atomic E-state index is -0.798. The Balaban J connectivity index is 1.62. The molecule has 6 heteroatoms. The lowest BCUT2D eigenvalue weighted by Gasteiger charge is -2.14. The van der Waals surface area contributed by atoms with Crippen molar-refractivity contribution >= 4 is 5.97 Å². The molecule has 1 heterocycles. The van der Waals surface area contributed by atoms with Crippen molar-refractivity contribution in [2.24, 2.45) is 0 Å². The van der Waals surface area contributed by atoms with Gasteiger partial charge in [-0.1, -0.05) is 0 Å². The number of fused-ring (bicyclic) bond motifs is 1. The average Bonchev–Trinajstić information content (AvgIpc) is 3.03. The van der Waals surface area contributed by atoms with Gasteiger partial charge in [0.25, 0.3) is 0 Å². The van der Waals surface area contributed by atoms with Gasteiger partial charge in [-0.3, -0.25) is 0 Å². The van der Waals surface area contributed by atoms with Crippen molar-refractivity contribution in [2.75, 3.05) is 6.79 Å². The highest BCUT2D eigenvalue weighted by molar-refractivity contribution is 5.77. The minimum absolute atomic E-state index is 0.158. The Morgan fingerprint density at radius 1 is 1.13 bits per heavy atom. The van der Waals surface area contributed by atoms with Crippen LogP contribution >= 0.6 is 0 Å². The van der Waals surface area contributed by atoms with Crippen LogP contribution in [-0.2, 0) is 4.79 Å². The standard InChI is InChI=1S/C17H13NO5/c1-11(22-13-4-2-12(9-18)3-5-13)17(19)23-14-6-7-15-16(8-14)21-10-20-15/h2-8,11H,10H2,1H3/t11-/m0/s1. The van der Waals surface area contributed by atoms with E-state index < -0.39 is 12.1 Å². The molecule has 0 spiro atoms.